The number of carbonyl (C=O) groups is 2. The third-order valence-corrected chi connectivity index (χ3v) is 1.55. The third-order valence-electron chi connectivity index (χ3n) is 1.55. The predicted octanol–water partition coefficient (Wildman–Crippen LogP) is 0.399. The molecule has 0 aliphatic carbocycles. The smallest absolute Gasteiger partial charge is 0.333 e. The van der Waals surface area contributed by atoms with Crippen molar-refractivity contribution in [1.82, 2.24) is 0 Å². The van der Waals surface area contributed by atoms with Crippen LogP contribution in [0.1, 0.15) is 6.92 Å². The lowest BCUT2D eigenvalue weighted by Gasteiger charge is -2.21. The van der Waals surface area contributed by atoms with E-state index in [9.17, 15) is 9.59 Å². The SMILES string of the molecule is C=CC(=O)OC(OC(=O)C=C)C(C)CO. The maximum atomic E-state index is 10.9. The Morgan fingerprint density at radius 3 is 1.93 bits per heavy atom. The molecule has 0 aliphatic rings. The molecule has 0 heterocycles. The van der Waals surface area contributed by atoms with Crippen LogP contribution in [0.25, 0.3) is 0 Å². The fourth-order valence-corrected chi connectivity index (χ4v) is 0.668. The van der Waals surface area contributed by atoms with Crippen molar-refractivity contribution in [1.29, 1.82) is 0 Å². The van der Waals surface area contributed by atoms with E-state index in [0.717, 1.165) is 12.2 Å². The van der Waals surface area contributed by atoms with Crippen molar-refractivity contribution in [3.8, 4) is 0 Å². The maximum absolute atomic E-state index is 10.9. The minimum Gasteiger partial charge on any atom is -0.422 e. The average Bonchev–Trinajstić information content (AvgIpc) is 2.26. The zero-order chi connectivity index (χ0) is 11.8. The Bertz CT molecular complexity index is 237. The first-order chi connectivity index (χ1) is 7.04. The van der Waals surface area contributed by atoms with E-state index in [0.29, 0.717) is 0 Å². The monoisotopic (exact) mass is 214 g/mol. The number of aliphatic hydroxyl groups is 1. The molecule has 1 N–H and O–H groups in total. The molecule has 0 fully saturated rings. The molecule has 0 spiro atoms. The zero-order valence-electron chi connectivity index (χ0n) is 8.51. The minimum absolute atomic E-state index is 0.278. The fourth-order valence-electron chi connectivity index (χ4n) is 0.668. The highest BCUT2D eigenvalue weighted by Crippen LogP contribution is 2.09. The van der Waals surface area contributed by atoms with Crippen LogP contribution in [0.4, 0.5) is 0 Å². The van der Waals surface area contributed by atoms with Crippen LogP contribution in [0.2, 0.25) is 0 Å². The zero-order valence-corrected chi connectivity index (χ0v) is 8.51. The van der Waals surface area contributed by atoms with Crippen LogP contribution in [0.3, 0.4) is 0 Å². The Balaban J connectivity index is 4.43. The summed E-state index contributed by atoms with van der Waals surface area (Å²) in [7, 11) is 0. The summed E-state index contributed by atoms with van der Waals surface area (Å²) in [6, 6.07) is 0. The van der Waals surface area contributed by atoms with Gasteiger partial charge >= 0.3 is 11.9 Å². The second-order valence-electron chi connectivity index (χ2n) is 2.81. The molecule has 15 heavy (non-hydrogen) atoms. The second kappa shape index (κ2) is 6.78. The Kier molecular flexibility index (Phi) is 6.05. The highest BCUT2D eigenvalue weighted by Gasteiger charge is 2.23. The molecule has 84 valence electrons. The maximum Gasteiger partial charge on any atom is 0.333 e. The predicted molar refractivity (Wildman–Crippen MR) is 52.6 cm³/mol. The lowest BCUT2D eigenvalue weighted by molar-refractivity contribution is -0.192. The summed E-state index contributed by atoms with van der Waals surface area (Å²) in [5.74, 6) is -1.97. The van der Waals surface area contributed by atoms with Gasteiger partial charge in [-0.2, -0.15) is 0 Å². The van der Waals surface area contributed by atoms with Crippen LogP contribution in [0.5, 0.6) is 0 Å². The Morgan fingerprint density at radius 1 is 1.27 bits per heavy atom. The largest absolute Gasteiger partial charge is 0.422 e. The van der Waals surface area contributed by atoms with Gasteiger partial charge in [-0.25, -0.2) is 9.59 Å². The van der Waals surface area contributed by atoms with E-state index in [1.54, 1.807) is 6.92 Å². The summed E-state index contributed by atoms with van der Waals surface area (Å²) < 4.78 is 9.43. The van der Waals surface area contributed by atoms with Gasteiger partial charge in [-0.15, -0.1) is 0 Å². The molecule has 0 aromatic rings. The summed E-state index contributed by atoms with van der Waals surface area (Å²) in [6.45, 7) is 7.69. The van der Waals surface area contributed by atoms with Crippen molar-refractivity contribution in [2.45, 2.75) is 13.2 Å². The molecule has 0 saturated heterocycles. The summed E-state index contributed by atoms with van der Waals surface area (Å²) in [6.07, 6.45) is 0.753. The lowest BCUT2D eigenvalue weighted by atomic mass is 10.2. The molecule has 0 saturated carbocycles. The van der Waals surface area contributed by atoms with Crippen molar-refractivity contribution >= 4 is 11.9 Å². The van der Waals surface area contributed by atoms with Crippen molar-refractivity contribution in [3.05, 3.63) is 25.3 Å². The van der Waals surface area contributed by atoms with E-state index in [2.05, 4.69) is 13.2 Å². The molecule has 0 radical (unpaired) electrons. The normalized spacial score (nSPS) is 11.7. The Labute approximate surface area is 88.0 Å². The molecule has 0 rings (SSSR count). The standard InChI is InChI=1S/C10H14O5/c1-4-8(12)14-10(7(3)6-11)15-9(13)5-2/h4-5,7,10-11H,1-2,6H2,3H3. The molecular weight excluding hydrogens is 200 g/mol. The van der Waals surface area contributed by atoms with Gasteiger partial charge in [0.25, 0.3) is 6.29 Å². The molecule has 1 atom stereocenters. The molecular formula is C10H14O5. The molecule has 5 heteroatoms. The quantitative estimate of drug-likeness (QED) is 0.393. The number of carbonyl (C=O) groups excluding carboxylic acids is 2. The van der Waals surface area contributed by atoms with Gasteiger partial charge in [0.15, 0.2) is 0 Å². The summed E-state index contributed by atoms with van der Waals surface area (Å²) in [5, 5.41) is 8.84. The number of aliphatic hydroxyl groups excluding tert-OH is 1. The van der Waals surface area contributed by atoms with Crippen LogP contribution in [0, 0.1) is 5.92 Å². The van der Waals surface area contributed by atoms with E-state index >= 15 is 0 Å². The molecule has 0 aromatic carbocycles. The van der Waals surface area contributed by atoms with Crippen LogP contribution >= 0.6 is 0 Å². The third kappa shape index (κ3) is 4.97. The van der Waals surface area contributed by atoms with Gasteiger partial charge in [-0.05, 0) is 0 Å². The molecule has 0 bridgehead atoms. The van der Waals surface area contributed by atoms with E-state index in [1.165, 1.54) is 0 Å². The van der Waals surface area contributed by atoms with Gasteiger partial charge in [0.05, 0.1) is 12.5 Å². The van der Waals surface area contributed by atoms with Gasteiger partial charge in [0, 0.05) is 12.2 Å². The van der Waals surface area contributed by atoms with E-state index in [4.69, 9.17) is 14.6 Å². The van der Waals surface area contributed by atoms with E-state index in [-0.39, 0.29) is 6.61 Å². The first-order valence-corrected chi connectivity index (χ1v) is 4.32. The Hall–Kier alpha value is -1.62. The summed E-state index contributed by atoms with van der Waals surface area (Å²) in [4.78, 5) is 21.7. The lowest BCUT2D eigenvalue weighted by Crippen LogP contribution is -2.31. The number of hydrogen-bond acceptors (Lipinski definition) is 5. The van der Waals surface area contributed by atoms with Crippen molar-refractivity contribution in [2.24, 2.45) is 5.92 Å². The number of rotatable bonds is 6. The molecule has 0 amide bonds. The average molecular weight is 214 g/mol. The fraction of sp³-hybridized carbons (Fsp3) is 0.400. The highest BCUT2D eigenvalue weighted by molar-refractivity contribution is 5.83. The molecule has 5 nitrogen and oxygen atoms in total. The molecule has 1 unspecified atom stereocenters. The van der Waals surface area contributed by atoms with Crippen LogP contribution in [0.15, 0.2) is 25.3 Å². The van der Waals surface area contributed by atoms with Gasteiger partial charge in [0.2, 0.25) is 0 Å². The molecule has 0 aromatic heterocycles. The van der Waals surface area contributed by atoms with Gasteiger partial charge in [-0.1, -0.05) is 20.1 Å². The van der Waals surface area contributed by atoms with Crippen molar-refractivity contribution in [3.63, 3.8) is 0 Å². The second-order valence-corrected chi connectivity index (χ2v) is 2.81. The summed E-state index contributed by atoms with van der Waals surface area (Å²) >= 11 is 0. The Morgan fingerprint density at radius 2 is 1.67 bits per heavy atom. The highest BCUT2D eigenvalue weighted by atomic mass is 16.7. The summed E-state index contributed by atoms with van der Waals surface area (Å²) in [5.41, 5.74) is 0. The minimum atomic E-state index is -1.13. The van der Waals surface area contributed by atoms with Gasteiger partial charge in [-0.3, -0.25) is 0 Å². The van der Waals surface area contributed by atoms with Gasteiger partial charge in [0.1, 0.15) is 0 Å². The first kappa shape index (κ1) is 13.4. The number of hydrogen-bond donors (Lipinski definition) is 1. The molecule has 0 aliphatic heterocycles. The number of ether oxygens (including phenoxy) is 2. The van der Waals surface area contributed by atoms with E-state index < -0.39 is 24.1 Å². The van der Waals surface area contributed by atoms with Gasteiger partial charge < -0.3 is 14.6 Å². The van der Waals surface area contributed by atoms with Crippen LogP contribution in [-0.2, 0) is 19.1 Å². The van der Waals surface area contributed by atoms with Crippen LogP contribution in [-0.4, -0.2) is 29.9 Å². The number of esters is 2. The van der Waals surface area contributed by atoms with Crippen molar-refractivity contribution < 1.29 is 24.2 Å². The topological polar surface area (TPSA) is 72.8 Å². The van der Waals surface area contributed by atoms with Crippen LogP contribution < -0.4 is 0 Å². The first-order valence-electron chi connectivity index (χ1n) is 4.32. The van der Waals surface area contributed by atoms with E-state index in [1.807, 2.05) is 0 Å². The van der Waals surface area contributed by atoms with Crippen molar-refractivity contribution in [2.75, 3.05) is 6.61 Å².